The lowest BCUT2D eigenvalue weighted by atomic mass is 10.1. The molecule has 1 aliphatic rings. The third-order valence-electron chi connectivity index (χ3n) is 3.10. The predicted molar refractivity (Wildman–Crippen MR) is 65.4 cm³/mol. The molecule has 1 atom stereocenters. The quantitative estimate of drug-likeness (QED) is 0.789. The Hall–Kier alpha value is -1.16. The summed E-state index contributed by atoms with van der Waals surface area (Å²) in [5.74, 6) is 1.03. The summed E-state index contributed by atoms with van der Waals surface area (Å²) in [6.07, 6.45) is 7.24. The molecule has 1 aromatic heterocycles. The minimum Gasteiger partial charge on any atom is -0.367 e. The van der Waals surface area contributed by atoms with Crippen LogP contribution in [0, 0.1) is 0 Å². The molecule has 0 fully saturated rings. The minimum absolute atomic E-state index is 0.433. The highest BCUT2D eigenvalue weighted by molar-refractivity contribution is 5.48. The standard InChI is InChI=1S/C12H20N4/c1-9(4-3-7-13)16-12-10-5-2-6-11(10)14-8-15-12/h8-9H,2-7,13H2,1H3,(H,14,15,16). The molecule has 0 amide bonds. The van der Waals surface area contributed by atoms with Crippen LogP contribution in [0.25, 0.3) is 0 Å². The number of fused-ring (bicyclic) bond motifs is 1. The molecular formula is C12H20N4. The summed E-state index contributed by atoms with van der Waals surface area (Å²) in [4.78, 5) is 8.66. The lowest BCUT2D eigenvalue weighted by molar-refractivity contribution is 0.659. The van der Waals surface area contributed by atoms with E-state index in [9.17, 15) is 0 Å². The zero-order chi connectivity index (χ0) is 11.4. The molecule has 0 saturated heterocycles. The van der Waals surface area contributed by atoms with Crippen LogP contribution in [-0.4, -0.2) is 22.6 Å². The highest BCUT2D eigenvalue weighted by atomic mass is 15.0. The van der Waals surface area contributed by atoms with Crippen molar-refractivity contribution >= 4 is 5.82 Å². The van der Waals surface area contributed by atoms with Gasteiger partial charge in [-0.15, -0.1) is 0 Å². The first-order valence-corrected chi connectivity index (χ1v) is 6.10. The molecule has 4 nitrogen and oxygen atoms in total. The molecular weight excluding hydrogens is 200 g/mol. The molecule has 1 unspecified atom stereocenters. The van der Waals surface area contributed by atoms with Gasteiger partial charge < -0.3 is 11.1 Å². The number of aromatic nitrogens is 2. The number of hydrogen-bond donors (Lipinski definition) is 2. The number of hydrogen-bond acceptors (Lipinski definition) is 4. The predicted octanol–water partition coefficient (Wildman–Crippen LogP) is 1.50. The first-order valence-electron chi connectivity index (χ1n) is 6.10. The van der Waals surface area contributed by atoms with Crippen LogP contribution in [0.5, 0.6) is 0 Å². The van der Waals surface area contributed by atoms with Gasteiger partial charge in [-0.1, -0.05) is 0 Å². The minimum atomic E-state index is 0.433. The number of anilines is 1. The second-order valence-corrected chi connectivity index (χ2v) is 4.48. The third-order valence-corrected chi connectivity index (χ3v) is 3.10. The first kappa shape index (κ1) is 11.3. The molecule has 16 heavy (non-hydrogen) atoms. The average Bonchev–Trinajstić information content (AvgIpc) is 2.75. The zero-order valence-corrected chi connectivity index (χ0v) is 9.87. The van der Waals surface area contributed by atoms with E-state index in [0.29, 0.717) is 6.04 Å². The van der Waals surface area contributed by atoms with Crippen molar-refractivity contribution in [2.75, 3.05) is 11.9 Å². The second-order valence-electron chi connectivity index (χ2n) is 4.48. The van der Waals surface area contributed by atoms with Gasteiger partial charge in [0, 0.05) is 17.3 Å². The number of rotatable bonds is 5. The molecule has 1 heterocycles. The van der Waals surface area contributed by atoms with Crippen LogP contribution in [-0.2, 0) is 12.8 Å². The Morgan fingerprint density at radius 3 is 3.12 bits per heavy atom. The van der Waals surface area contributed by atoms with Crippen LogP contribution >= 0.6 is 0 Å². The molecule has 1 aromatic rings. The number of nitrogens with two attached hydrogens (primary N) is 1. The van der Waals surface area contributed by atoms with Crippen LogP contribution in [0.1, 0.15) is 37.4 Å². The van der Waals surface area contributed by atoms with Gasteiger partial charge in [-0.3, -0.25) is 0 Å². The Morgan fingerprint density at radius 1 is 1.44 bits per heavy atom. The van der Waals surface area contributed by atoms with E-state index in [0.717, 1.165) is 38.0 Å². The van der Waals surface area contributed by atoms with Gasteiger partial charge in [-0.2, -0.15) is 0 Å². The maximum atomic E-state index is 5.51. The molecule has 0 bridgehead atoms. The molecule has 0 spiro atoms. The van der Waals surface area contributed by atoms with E-state index in [4.69, 9.17) is 5.73 Å². The normalized spacial score (nSPS) is 15.9. The zero-order valence-electron chi connectivity index (χ0n) is 9.87. The molecule has 1 aliphatic carbocycles. The Labute approximate surface area is 96.7 Å². The molecule has 0 saturated carbocycles. The summed E-state index contributed by atoms with van der Waals surface area (Å²) in [5.41, 5.74) is 8.05. The fourth-order valence-electron chi connectivity index (χ4n) is 2.21. The summed E-state index contributed by atoms with van der Waals surface area (Å²) >= 11 is 0. The average molecular weight is 220 g/mol. The molecule has 3 N–H and O–H groups in total. The number of aryl methyl sites for hydroxylation is 1. The van der Waals surface area contributed by atoms with E-state index in [1.807, 2.05) is 0 Å². The number of nitrogens with zero attached hydrogens (tertiary/aromatic N) is 2. The fourth-order valence-corrected chi connectivity index (χ4v) is 2.21. The Bertz CT molecular complexity index is 351. The molecule has 4 heteroatoms. The SMILES string of the molecule is CC(CCCN)Nc1ncnc2c1CCC2. The molecule has 2 rings (SSSR count). The highest BCUT2D eigenvalue weighted by Crippen LogP contribution is 2.25. The van der Waals surface area contributed by atoms with Crippen LogP contribution in [0.2, 0.25) is 0 Å². The van der Waals surface area contributed by atoms with Crippen molar-refractivity contribution in [1.29, 1.82) is 0 Å². The van der Waals surface area contributed by atoms with Gasteiger partial charge in [-0.05, 0) is 45.6 Å². The van der Waals surface area contributed by atoms with Crippen molar-refractivity contribution in [2.45, 2.75) is 45.1 Å². The summed E-state index contributed by atoms with van der Waals surface area (Å²) in [6.45, 7) is 2.94. The third kappa shape index (κ3) is 2.50. The van der Waals surface area contributed by atoms with Crippen LogP contribution < -0.4 is 11.1 Å². The van der Waals surface area contributed by atoms with Crippen molar-refractivity contribution in [3.8, 4) is 0 Å². The van der Waals surface area contributed by atoms with Crippen molar-refractivity contribution in [1.82, 2.24) is 9.97 Å². The van der Waals surface area contributed by atoms with E-state index in [-0.39, 0.29) is 0 Å². The highest BCUT2D eigenvalue weighted by Gasteiger charge is 2.17. The van der Waals surface area contributed by atoms with E-state index in [2.05, 4.69) is 22.2 Å². The van der Waals surface area contributed by atoms with E-state index >= 15 is 0 Å². The van der Waals surface area contributed by atoms with Gasteiger partial charge in [0.25, 0.3) is 0 Å². The van der Waals surface area contributed by atoms with Crippen molar-refractivity contribution < 1.29 is 0 Å². The lowest BCUT2D eigenvalue weighted by Crippen LogP contribution is -2.18. The Morgan fingerprint density at radius 2 is 2.31 bits per heavy atom. The van der Waals surface area contributed by atoms with Crippen LogP contribution in [0.15, 0.2) is 6.33 Å². The van der Waals surface area contributed by atoms with Gasteiger partial charge in [0.15, 0.2) is 0 Å². The summed E-state index contributed by atoms with van der Waals surface area (Å²) in [6, 6.07) is 0.433. The summed E-state index contributed by atoms with van der Waals surface area (Å²) < 4.78 is 0. The smallest absolute Gasteiger partial charge is 0.133 e. The molecule has 0 aliphatic heterocycles. The first-order chi connectivity index (χ1) is 7.81. The van der Waals surface area contributed by atoms with E-state index < -0.39 is 0 Å². The van der Waals surface area contributed by atoms with Crippen molar-refractivity contribution in [2.24, 2.45) is 5.73 Å². The largest absolute Gasteiger partial charge is 0.367 e. The molecule has 0 aromatic carbocycles. The van der Waals surface area contributed by atoms with Gasteiger partial charge in [0.05, 0.1) is 0 Å². The van der Waals surface area contributed by atoms with Gasteiger partial charge >= 0.3 is 0 Å². The topological polar surface area (TPSA) is 63.8 Å². The summed E-state index contributed by atoms with van der Waals surface area (Å²) in [5, 5.41) is 3.47. The summed E-state index contributed by atoms with van der Waals surface area (Å²) in [7, 11) is 0. The molecule has 0 radical (unpaired) electrons. The van der Waals surface area contributed by atoms with Gasteiger partial charge in [0.1, 0.15) is 12.1 Å². The molecule has 88 valence electrons. The number of nitrogens with one attached hydrogen (secondary N) is 1. The van der Waals surface area contributed by atoms with Crippen molar-refractivity contribution in [3.63, 3.8) is 0 Å². The maximum absolute atomic E-state index is 5.51. The van der Waals surface area contributed by atoms with Gasteiger partial charge in [-0.25, -0.2) is 9.97 Å². The Balaban J connectivity index is 2.01. The lowest BCUT2D eigenvalue weighted by Gasteiger charge is -2.16. The Kier molecular flexibility index (Phi) is 3.72. The van der Waals surface area contributed by atoms with Crippen LogP contribution in [0.3, 0.4) is 0 Å². The second kappa shape index (κ2) is 5.25. The monoisotopic (exact) mass is 220 g/mol. The van der Waals surface area contributed by atoms with Crippen LogP contribution in [0.4, 0.5) is 5.82 Å². The van der Waals surface area contributed by atoms with E-state index in [1.165, 1.54) is 17.7 Å². The maximum Gasteiger partial charge on any atom is 0.133 e. The fraction of sp³-hybridized carbons (Fsp3) is 0.667. The van der Waals surface area contributed by atoms with Gasteiger partial charge in [0.2, 0.25) is 0 Å². The van der Waals surface area contributed by atoms with Crippen molar-refractivity contribution in [3.05, 3.63) is 17.6 Å². The van der Waals surface area contributed by atoms with E-state index in [1.54, 1.807) is 6.33 Å².